The first-order chi connectivity index (χ1) is 43.4. The maximum atomic E-state index is 9.75. The Kier molecular flexibility index (Phi) is 12.9. The molecule has 0 aliphatic rings. The van der Waals surface area contributed by atoms with E-state index in [4.69, 9.17) is 9.97 Å². The third kappa shape index (κ3) is 9.17. The van der Waals surface area contributed by atoms with Crippen molar-refractivity contribution in [2.45, 2.75) is 0 Å². The zero-order chi connectivity index (χ0) is 59.2. The van der Waals surface area contributed by atoms with Gasteiger partial charge in [0.05, 0.1) is 91.4 Å². The molecule has 3 heterocycles. The molecule has 12 aromatic carbocycles. The van der Waals surface area contributed by atoms with Crippen LogP contribution in [0.4, 0.5) is 0 Å². The van der Waals surface area contributed by atoms with E-state index in [1.54, 1.807) is 0 Å². The van der Waals surface area contributed by atoms with Crippen LogP contribution in [-0.4, -0.2) is 19.1 Å². The number of nitriles is 4. The molecule has 0 fully saturated rings. The molecule has 0 spiro atoms. The van der Waals surface area contributed by atoms with Crippen molar-refractivity contribution in [1.29, 1.82) is 21.0 Å². The Morgan fingerprint density at radius 1 is 0.250 bits per heavy atom. The standard InChI is InChI=1S/C80H46N8/c81-47-51-18-26-55(27-19-51)61-34-38-74-67(42-61)68-43-62(56-28-20-52(48-82)21-29-56)35-39-75(68)87(74)73-16-8-7-14-66(73)79-65(72-46-71(59-10-3-1-4-11-59)85-80(86-72)60-12-5-2-6-13-60)15-9-17-78(79)88-76-40-36-63(57-30-22-53(49-83)23-31-57)44-69(76)70-45-64(37-41-77(70)88)58-32-24-54(50-84)25-33-58/h1-46H. The van der Waals surface area contributed by atoms with Crippen molar-refractivity contribution in [2.24, 2.45) is 0 Å². The van der Waals surface area contributed by atoms with Gasteiger partial charge in [-0.3, -0.25) is 0 Å². The molecule has 406 valence electrons. The molecule has 15 rings (SSSR count). The Morgan fingerprint density at radius 2 is 0.580 bits per heavy atom. The van der Waals surface area contributed by atoms with Crippen LogP contribution in [0.25, 0.3) is 145 Å². The van der Waals surface area contributed by atoms with Gasteiger partial charge < -0.3 is 9.13 Å². The first kappa shape index (κ1) is 52.1. The van der Waals surface area contributed by atoms with Crippen LogP contribution in [0.2, 0.25) is 0 Å². The number of nitrogens with zero attached hydrogens (tertiary/aromatic N) is 8. The van der Waals surface area contributed by atoms with Crippen molar-refractivity contribution in [3.63, 3.8) is 0 Å². The van der Waals surface area contributed by atoms with Crippen LogP contribution in [0, 0.1) is 45.3 Å². The van der Waals surface area contributed by atoms with E-state index in [-0.39, 0.29) is 0 Å². The summed E-state index contributed by atoms with van der Waals surface area (Å²) < 4.78 is 4.78. The van der Waals surface area contributed by atoms with Crippen LogP contribution in [0.1, 0.15) is 22.3 Å². The molecule has 0 radical (unpaired) electrons. The lowest BCUT2D eigenvalue weighted by molar-refractivity contribution is 1.15. The summed E-state index contributed by atoms with van der Waals surface area (Å²) in [5.74, 6) is 0.600. The second-order valence-electron chi connectivity index (χ2n) is 21.8. The average molecular weight is 1120 g/mol. The Bertz CT molecular complexity index is 5150. The lowest BCUT2D eigenvalue weighted by Gasteiger charge is -2.22. The predicted octanol–water partition coefficient (Wildman–Crippen LogP) is 19.5. The Morgan fingerprint density at radius 3 is 0.989 bits per heavy atom. The number of hydrogen-bond acceptors (Lipinski definition) is 6. The molecular formula is C80H46N8. The number of benzene rings is 12. The minimum Gasteiger partial charge on any atom is -0.309 e. The third-order valence-electron chi connectivity index (χ3n) is 16.7. The van der Waals surface area contributed by atoms with Crippen LogP contribution in [0.5, 0.6) is 0 Å². The molecule has 8 nitrogen and oxygen atoms in total. The third-order valence-corrected chi connectivity index (χ3v) is 16.7. The molecule has 0 aliphatic heterocycles. The molecule has 0 saturated carbocycles. The Balaban J connectivity index is 1.04. The van der Waals surface area contributed by atoms with E-state index in [1.165, 1.54) is 0 Å². The van der Waals surface area contributed by atoms with E-state index < -0.39 is 0 Å². The van der Waals surface area contributed by atoms with Gasteiger partial charge in [-0.15, -0.1) is 0 Å². The SMILES string of the molecule is N#Cc1ccc(-c2ccc3c(c2)c2cc(-c4ccc(C#N)cc4)ccc2n3-c2ccccc2-c2c(-c3cc(-c4ccccc4)nc(-c4ccccc4)n3)cccc2-n2c3ccc(-c4ccc(C#N)cc4)cc3c3cc(-c4ccc(C#N)cc4)ccc32)cc1. The molecule has 15 aromatic rings. The van der Waals surface area contributed by atoms with Crippen LogP contribution in [0.15, 0.2) is 279 Å². The number of rotatable bonds is 10. The molecule has 0 atom stereocenters. The van der Waals surface area contributed by atoms with Crippen molar-refractivity contribution in [3.8, 4) is 125 Å². The summed E-state index contributed by atoms with van der Waals surface area (Å²) in [6, 6.07) is 104. The second-order valence-corrected chi connectivity index (χ2v) is 21.8. The Labute approximate surface area is 507 Å². The quantitative estimate of drug-likeness (QED) is 0.134. The molecule has 88 heavy (non-hydrogen) atoms. The summed E-state index contributed by atoms with van der Waals surface area (Å²) in [5.41, 5.74) is 22.5. The minimum absolute atomic E-state index is 0.596. The molecular weight excluding hydrogens is 1070 g/mol. The zero-order valence-corrected chi connectivity index (χ0v) is 47.1. The molecule has 0 unspecified atom stereocenters. The van der Waals surface area contributed by atoms with E-state index >= 15 is 0 Å². The molecule has 8 heteroatoms. The average Bonchev–Trinajstić information content (AvgIpc) is 1.59. The van der Waals surface area contributed by atoms with Crippen molar-refractivity contribution in [1.82, 2.24) is 19.1 Å². The summed E-state index contributed by atoms with van der Waals surface area (Å²) in [6.45, 7) is 0. The molecule has 0 aliphatic carbocycles. The van der Waals surface area contributed by atoms with Gasteiger partial charge in [-0.1, -0.05) is 164 Å². The number of hydrogen-bond donors (Lipinski definition) is 0. The summed E-state index contributed by atoms with van der Waals surface area (Å²) in [7, 11) is 0. The van der Waals surface area contributed by atoms with E-state index in [9.17, 15) is 21.0 Å². The summed E-state index contributed by atoms with van der Waals surface area (Å²) >= 11 is 0. The normalized spacial score (nSPS) is 11.1. The van der Waals surface area contributed by atoms with Gasteiger partial charge in [0.25, 0.3) is 0 Å². The largest absolute Gasteiger partial charge is 0.309 e. The number of fused-ring (bicyclic) bond motifs is 6. The number of aromatic nitrogens is 4. The van der Waals surface area contributed by atoms with Crippen molar-refractivity contribution >= 4 is 43.6 Å². The molecule has 0 amide bonds. The summed E-state index contributed by atoms with van der Waals surface area (Å²) in [6.07, 6.45) is 0. The topological polar surface area (TPSA) is 131 Å². The molecule has 3 aromatic heterocycles. The molecule has 0 saturated heterocycles. The van der Waals surface area contributed by atoms with Gasteiger partial charge in [-0.2, -0.15) is 21.0 Å². The van der Waals surface area contributed by atoms with Gasteiger partial charge in [-0.25, -0.2) is 9.97 Å². The van der Waals surface area contributed by atoms with Crippen molar-refractivity contribution < 1.29 is 0 Å². The smallest absolute Gasteiger partial charge is 0.160 e. The van der Waals surface area contributed by atoms with Crippen LogP contribution in [0.3, 0.4) is 0 Å². The van der Waals surface area contributed by atoms with Gasteiger partial charge in [-0.05, 0) is 160 Å². The number of para-hydroxylation sites is 1. The van der Waals surface area contributed by atoms with Crippen LogP contribution < -0.4 is 0 Å². The summed E-state index contributed by atoms with van der Waals surface area (Å²) in [4.78, 5) is 10.8. The van der Waals surface area contributed by atoms with Gasteiger partial charge in [0.2, 0.25) is 0 Å². The van der Waals surface area contributed by atoms with E-state index in [0.717, 1.165) is 139 Å². The lowest BCUT2D eigenvalue weighted by atomic mass is 9.93. The zero-order valence-electron chi connectivity index (χ0n) is 47.1. The second kappa shape index (κ2) is 21.8. The fraction of sp³-hybridized carbons (Fsp3) is 0. The first-order valence-corrected chi connectivity index (χ1v) is 28.8. The van der Waals surface area contributed by atoms with Crippen LogP contribution in [-0.2, 0) is 0 Å². The molecule has 0 N–H and O–H groups in total. The first-order valence-electron chi connectivity index (χ1n) is 28.8. The highest BCUT2D eigenvalue weighted by atomic mass is 15.0. The lowest BCUT2D eigenvalue weighted by Crippen LogP contribution is -2.04. The monoisotopic (exact) mass is 1120 g/mol. The van der Waals surface area contributed by atoms with Gasteiger partial charge in [0.15, 0.2) is 5.82 Å². The van der Waals surface area contributed by atoms with E-state index in [0.29, 0.717) is 28.1 Å². The highest BCUT2D eigenvalue weighted by Gasteiger charge is 2.26. The fourth-order valence-corrected chi connectivity index (χ4v) is 12.4. The van der Waals surface area contributed by atoms with Gasteiger partial charge >= 0.3 is 0 Å². The van der Waals surface area contributed by atoms with Crippen molar-refractivity contribution in [3.05, 3.63) is 301 Å². The summed E-state index contributed by atoms with van der Waals surface area (Å²) in [5, 5.41) is 43.1. The van der Waals surface area contributed by atoms with Crippen molar-refractivity contribution in [2.75, 3.05) is 0 Å². The van der Waals surface area contributed by atoms with Gasteiger partial charge in [0, 0.05) is 49.4 Å². The van der Waals surface area contributed by atoms with E-state index in [1.807, 2.05) is 133 Å². The van der Waals surface area contributed by atoms with Crippen LogP contribution >= 0.6 is 0 Å². The predicted molar refractivity (Wildman–Crippen MR) is 353 cm³/mol. The minimum atomic E-state index is 0.596. The van der Waals surface area contributed by atoms with E-state index in [2.05, 4.69) is 179 Å². The molecule has 0 bridgehead atoms. The fourth-order valence-electron chi connectivity index (χ4n) is 12.4. The highest BCUT2D eigenvalue weighted by molar-refractivity contribution is 6.14. The maximum absolute atomic E-state index is 9.75. The maximum Gasteiger partial charge on any atom is 0.160 e. The van der Waals surface area contributed by atoms with Gasteiger partial charge in [0.1, 0.15) is 0 Å². The Hall–Kier alpha value is -12.7. The highest BCUT2D eigenvalue weighted by Crippen LogP contribution is 2.47.